The van der Waals surface area contributed by atoms with Gasteiger partial charge in [0.15, 0.2) is 6.04 Å². The third-order valence-corrected chi connectivity index (χ3v) is 8.59. The third kappa shape index (κ3) is 6.86. The van der Waals surface area contributed by atoms with Gasteiger partial charge in [0.05, 0.1) is 24.8 Å². The standard InChI is InChI=1S/C30H37F4N5O4/c1-16(2)39-23(10-11-35-39)27(40)37-26(25(18-4-5-18)19-6-7-19)28(41)36-22-9-8-20(14-21(22)31)17(3)29(42)38-12-13-43-15-24(38)30(32,33)34/h8-11,14,16-19,24-26H,4-7,12-13,15H2,1-3H3,(H,36,41)(H,37,40)/t17-,24?,26-/m0/s1. The third-order valence-electron chi connectivity index (χ3n) is 8.59. The molecule has 5 rings (SSSR count). The van der Waals surface area contributed by atoms with Gasteiger partial charge in [0.25, 0.3) is 5.91 Å². The SMILES string of the molecule is CC(C)n1nccc1C(=O)N[C@H](C(=O)Nc1ccc([C@H](C)C(=O)N2CCOCC2C(F)(F)F)cc1F)C(C1CC1)C1CC1. The summed E-state index contributed by atoms with van der Waals surface area (Å²) in [4.78, 5) is 40.7. The van der Waals surface area contributed by atoms with Gasteiger partial charge < -0.3 is 20.3 Å². The van der Waals surface area contributed by atoms with Crippen molar-refractivity contribution in [3.8, 4) is 0 Å². The Balaban J connectivity index is 1.33. The fourth-order valence-corrected chi connectivity index (χ4v) is 5.99. The highest BCUT2D eigenvalue weighted by atomic mass is 19.4. The van der Waals surface area contributed by atoms with Gasteiger partial charge in [0.1, 0.15) is 17.6 Å². The van der Waals surface area contributed by atoms with Gasteiger partial charge in [-0.25, -0.2) is 4.39 Å². The van der Waals surface area contributed by atoms with Crippen LogP contribution in [0.2, 0.25) is 0 Å². The van der Waals surface area contributed by atoms with E-state index in [-0.39, 0.29) is 36.4 Å². The Labute approximate surface area is 247 Å². The van der Waals surface area contributed by atoms with Gasteiger partial charge >= 0.3 is 6.18 Å². The summed E-state index contributed by atoms with van der Waals surface area (Å²) in [7, 11) is 0. The molecular formula is C30H37F4N5O4. The molecule has 1 aromatic heterocycles. The van der Waals surface area contributed by atoms with Crippen molar-refractivity contribution >= 4 is 23.4 Å². The van der Waals surface area contributed by atoms with Crippen LogP contribution in [0, 0.1) is 23.6 Å². The van der Waals surface area contributed by atoms with Crippen LogP contribution in [0.25, 0.3) is 0 Å². The number of rotatable bonds is 10. The maximum absolute atomic E-state index is 15.3. The quantitative estimate of drug-likeness (QED) is 0.382. The number of hydrogen-bond donors (Lipinski definition) is 2. The molecule has 3 aliphatic rings. The van der Waals surface area contributed by atoms with E-state index in [0.717, 1.165) is 36.6 Å². The van der Waals surface area contributed by atoms with Gasteiger partial charge in [-0.1, -0.05) is 6.07 Å². The number of benzene rings is 1. The van der Waals surface area contributed by atoms with E-state index in [0.29, 0.717) is 17.5 Å². The lowest BCUT2D eigenvalue weighted by molar-refractivity contribution is -0.213. The van der Waals surface area contributed by atoms with E-state index in [9.17, 15) is 27.6 Å². The Morgan fingerprint density at radius 1 is 1.05 bits per heavy atom. The van der Waals surface area contributed by atoms with Crippen LogP contribution in [0.1, 0.15) is 74.5 Å². The smallest absolute Gasteiger partial charge is 0.377 e. The van der Waals surface area contributed by atoms with E-state index in [1.54, 1.807) is 10.7 Å². The molecule has 3 atom stereocenters. The molecule has 1 saturated heterocycles. The number of ether oxygens (including phenoxy) is 1. The predicted molar refractivity (Wildman–Crippen MR) is 149 cm³/mol. The average molecular weight is 608 g/mol. The van der Waals surface area contributed by atoms with Crippen molar-refractivity contribution in [2.24, 2.45) is 17.8 Å². The molecule has 234 valence electrons. The van der Waals surface area contributed by atoms with Gasteiger partial charge in [-0.2, -0.15) is 18.3 Å². The van der Waals surface area contributed by atoms with Crippen molar-refractivity contribution in [2.45, 2.75) is 76.7 Å². The second-order valence-corrected chi connectivity index (χ2v) is 12.1. The minimum absolute atomic E-state index is 0.0232. The van der Waals surface area contributed by atoms with Crippen LogP contribution >= 0.6 is 0 Å². The minimum Gasteiger partial charge on any atom is -0.377 e. The van der Waals surface area contributed by atoms with Crippen molar-refractivity contribution in [2.75, 3.05) is 25.1 Å². The molecule has 0 bridgehead atoms. The summed E-state index contributed by atoms with van der Waals surface area (Å²) in [6, 6.07) is 2.30. The van der Waals surface area contributed by atoms with Crippen LogP contribution in [0.5, 0.6) is 0 Å². The first-order valence-corrected chi connectivity index (χ1v) is 14.8. The van der Waals surface area contributed by atoms with E-state index in [1.165, 1.54) is 25.3 Å². The number of aromatic nitrogens is 2. The molecule has 2 N–H and O–H groups in total. The van der Waals surface area contributed by atoms with E-state index in [1.807, 2.05) is 13.8 Å². The number of anilines is 1. The molecule has 3 fully saturated rings. The summed E-state index contributed by atoms with van der Waals surface area (Å²) < 4.78 is 62.3. The highest BCUT2D eigenvalue weighted by Gasteiger charge is 2.49. The van der Waals surface area contributed by atoms with Crippen molar-refractivity contribution in [1.82, 2.24) is 20.0 Å². The maximum atomic E-state index is 15.3. The highest BCUT2D eigenvalue weighted by Crippen LogP contribution is 2.51. The summed E-state index contributed by atoms with van der Waals surface area (Å²) in [6.45, 7) is 4.30. The largest absolute Gasteiger partial charge is 0.411 e. The lowest BCUT2D eigenvalue weighted by Gasteiger charge is -2.38. The molecule has 1 unspecified atom stereocenters. The van der Waals surface area contributed by atoms with Gasteiger partial charge in [-0.3, -0.25) is 19.1 Å². The van der Waals surface area contributed by atoms with Crippen molar-refractivity contribution < 1.29 is 36.7 Å². The number of amides is 3. The average Bonchev–Trinajstić information content (AvgIpc) is 3.91. The van der Waals surface area contributed by atoms with Crippen LogP contribution in [0.15, 0.2) is 30.5 Å². The van der Waals surface area contributed by atoms with Crippen molar-refractivity contribution in [1.29, 1.82) is 0 Å². The van der Waals surface area contributed by atoms with E-state index < -0.39 is 54.3 Å². The zero-order chi connectivity index (χ0) is 31.1. The number of halogens is 4. The predicted octanol–water partition coefficient (Wildman–Crippen LogP) is 4.67. The second-order valence-electron chi connectivity index (χ2n) is 12.1. The molecule has 1 aromatic carbocycles. The molecule has 3 amide bonds. The zero-order valence-corrected chi connectivity index (χ0v) is 24.4. The fourth-order valence-electron chi connectivity index (χ4n) is 5.99. The molecule has 13 heteroatoms. The highest BCUT2D eigenvalue weighted by molar-refractivity contribution is 6.01. The summed E-state index contributed by atoms with van der Waals surface area (Å²) in [6.07, 6.45) is 0.689. The number of carbonyl (C=O) groups is 3. The van der Waals surface area contributed by atoms with Crippen LogP contribution in [0.3, 0.4) is 0 Å². The molecule has 2 aromatic rings. The topological polar surface area (TPSA) is 106 Å². The molecule has 0 spiro atoms. The molecular weight excluding hydrogens is 570 g/mol. The van der Waals surface area contributed by atoms with Gasteiger partial charge in [-0.15, -0.1) is 0 Å². The van der Waals surface area contributed by atoms with E-state index in [2.05, 4.69) is 15.7 Å². The number of hydrogen-bond acceptors (Lipinski definition) is 5. The van der Waals surface area contributed by atoms with Crippen molar-refractivity contribution in [3.63, 3.8) is 0 Å². The Hall–Kier alpha value is -3.48. The maximum Gasteiger partial charge on any atom is 0.411 e. The monoisotopic (exact) mass is 607 g/mol. The molecule has 2 saturated carbocycles. The zero-order valence-electron chi connectivity index (χ0n) is 24.4. The summed E-state index contributed by atoms with van der Waals surface area (Å²) in [5.74, 6) is -3.19. The number of nitrogens with zero attached hydrogens (tertiary/aromatic N) is 3. The van der Waals surface area contributed by atoms with Crippen LogP contribution in [-0.4, -0.2) is 70.4 Å². The van der Waals surface area contributed by atoms with Gasteiger partial charge in [0, 0.05) is 18.8 Å². The number of morpholine rings is 1. The lowest BCUT2D eigenvalue weighted by Crippen LogP contribution is -2.56. The summed E-state index contributed by atoms with van der Waals surface area (Å²) in [5, 5.41) is 9.73. The first-order valence-electron chi connectivity index (χ1n) is 14.8. The fraction of sp³-hybridized carbons (Fsp3) is 0.600. The molecule has 0 radical (unpaired) electrons. The minimum atomic E-state index is -4.66. The number of nitrogens with one attached hydrogen (secondary N) is 2. The van der Waals surface area contributed by atoms with Crippen molar-refractivity contribution in [3.05, 3.63) is 47.5 Å². The molecule has 2 heterocycles. The lowest BCUT2D eigenvalue weighted by atomic mass is 9.88. The number of carbonyl (C=O) groups excluding carboxylic acids is 3. The first-order chi connectivity index (χ1) is 20.4. The molecule has 1 aliphatic heterocycles. The van der Waals surface area contributed by atoms with Gasteiger partial charge in [0.2, 0.25) is 11.8 Å². The second kappa shape index (κ2) is 12.3. The number of alkyl halides is 3. The normalized spacial score (nSPS) is 20.7. The Morgan fingerprint density at radius 3 is 2.30 bits per heavy atom. The summed E-state index contributed by atoms with van der Waals surface area (Å²) >= 11 is 0. The first kappa shape index (κ1) is 31.0. The van der Waals surface area contributed by atoms with Crippen LogP contribution < -0.4 is 10.6 Å². The Bertz CT molecular complexity index is 1340. The van der Waals surface area contributed by atoms with Crippen LogP contribution in [-0.2, 0) is 14.3 Å². The molecule has 43 heavy (non-hydrogen) atoms. The summed E-state index contributed by atoms with van der Waals surface area (Å²) in [5.41, 5.74) is 0.346. The Kier molecular flexibility index (Phi) is 8.82. The molecule has 9 nitrogen and oxygen atoms in total. The molecule has 2 aliphatic carbocycles. The van der Waals surface area contributed by atoms with E-state index >= 15 is 4.39 Å². The Morgan fingerprint density at radius 2 is 1.72 bits per heavy atom. The van der Waals surface area contributed by atoms with E-state index in [4.69, 9.17) is 4.74 Å². The van der Waals surface area contributed by atoms with Gasteiger partial charge in [-0.05, 0) is 88.0 Å². The van der Waals surface area contributed by atoms with Crippen LogP contribution in [0.4, 0.5) is 23.2 Å².